The summed E-state index contributed by atoms with van der Waals surface area (Å²) < 4.78 is 1.96. The van der Waals surface area contributed by atoms with Gasteiger partial charge in [-0.1, -0.05) is 12.8 Å². The summed E-state index contributed by atoms with van der Waals surface area (Å²) in [5.74, 6) is 0.898. The average molecular weight is 476 g/mol. The van der Waals surface area contributed by atoms with Gasteiger partial charge in [0, 0.05) is 32.9 Å². The van der Waals surface area contributed by atoms with Crippen molar-refractivity contribution in [2.24, 2.45) is 12.0 Å². The maximum atomic E-state index is 4.48. The Morgan fingerprint density at radius 3 is 2.31 bits per heavy atom. The van der Waals surface area contributed by atoms with Gasteiger partial charge in [0.25, 0.3) is 0 Å². The number of nitrogens with one attached hydrogen (secondary N) is 2. The monoisotopic (exact) mass is 476 g/mol. The van der Waals surface area contributed by atoms with Gasteiger partial charge >= 0.3 is 0 Å². The summed E-state index contributed by atoms with van der Waals surface area (Å²) in [4.78, 5) is 6.94. The van der Waals surface area contributed by atoms with Gasteiger partial charge in [0.05, 0.1) is 5.69 Å². The van der Waals surface area contributed by atoms with E-state index in [1.54, 1.807) is 0 Å². The number of hydrogen-bond donors (Lipinski definition) is 2. The van der Waals surface area contributed by atoms with Crippen LogP contribution in [-0.2, 0) is 13.5 Å². The lowest BCUT2D eigenvalue weighted by Gasteiger charge is -2.20. The molecule has 1 aromatic rings. The zero-order valence-electron chi connectivity index (χ0n) is 17.0. The van der Waals surface area contributed by atoms with Gasteiger partial charge in [-0.2, -0.15) is 5.10 Å². The smallest absolute Gasteiger partial charge is 0.190 e. The van der Waals surface area contributed by atoms with E-state index in [1.807, 2.05) is 18.8 Å². The third kappa shape index (κ3) is 7.42. The van der Waals surface area contributed by atoms with Crippen LogP contribution in [0.15, 0.2) is 4.99 Å². The van der Waals surface area contributed by atoms with Crippen LogP contribution in [0.5, 0.6) is 0 Å². The fraction of sp³-hybridized carbons (Fsp3) is 0.789. The van der Waals surface area contributed by atoms with Crippen LogP contribution in [0.3, 0.4) is 0 Å². The maximum Gasteiger partial charge on any atom is 0.190 e. The molecule has 2 rings (SSSR count). The molecule has 1 aliphatic heterocycles. The number of aryl methyl sites for hydroxylation is 2. The van der Waals surface area contributed by atoms with Gasteiger partial charge in [0.15, 0.2) is 5.96 Å². The molecule has 0 aliphatic carbocycles. The first-order valence-corrected chi connectivity index (χ1v) is 9.77. The lowest BCUT2D eigenvalue weighted by molar-refractivity contribution is 0.282. The van der Waals surface area contributed by atoms with Crippen LogP contribution in [0.4, 0.5) is 0 Å². The number of aliphatic imine (C=N–C) groups is 1. The van der Waals surface area contributed by atoms with Crippen molar-refractivity contribution in [3.63, 3.8) is 0 Å². The Morgan fingerprint density at radius 1 is 1.08 bits per heavy atom. The zero-order chi connectivity index (χ0) is 18.1. The van der Waals surface area contributed by atoms with E-state index in [9.17, 15) is 0 Å². The minimum atomic E-state index is 0. The normalized spacial score (nSPS) is 16.1. The third-order valence-electron chi connectivity index (χ3n) is 5.19. The second kappa shape index (κ2) is 12.5. The molecule has 0 atom stereocenters. The van der Waals surface area contributed by atoms with Crippen molar-refractivity contribution < 1.29 is 0 Å². The number of nitrogens with zero attached hydrogens (tertiary/aromatic N) is 4. The highest BCUT2D eigenvalue weighted by Gasteiger charge is 2.10. The summed E-state index contributed by atoms with van der Waals surface area (Å²) in [6.07, 6.45) is 7.68. The van der Waals surface area contributed by atoms with Crippen LogP contribution in [0.25, 0.3) is 0 Å². The van der Waals surface area contributed by atoms with Gasteiger partial charge in [-0.05, 0) is 64.7 Å². The van der Waals surface area contributed by atoms with Crippen molar-refractivity contribution in [1.82, 2.24) is 25.3 Å². The predicted octanol–water partition coefficient (Wildman–Crippen LogP) is 2.63. The summed E-state index contributed by atoms with van der Waals surface area (Å²) in [5.41, 5.74) is 3.72. The van der Waals surface area contributed by atoms with Gasteiger partial charge in [0.1, 0.15) is 0 Å². The van der Waals surface area contributed by atoms with Crippen LogP contribution in [-0.4, -0.2) is 60.4 Å². The quantitative estimate of drug-likeness (QED) is 0.275. The van der Waals surface area contributed by atoms with Gasteiger partial charge in [-0.3, -0.25) is 9.67 Å². The predicted molar refractivity (Wildman–Crippen MR) is 121 cm³/mol. The lowest BCUT2D eigenvalue weighted by Crippen LogP contribution is -2.39. The van der Waals surface area contributed by atoms with Gasteiger partial charge in [-0.15, -0.1) is 24.0 Å². The van der Waals surface area contributed by atoms with Crippen molar-refractivity contribution in [3.05, 3.63) is 17.0 Å². The van der Waals surface area contributed by atoms with Crippen LogP contribution in [0.1, 0.15) is 49.1 Å². The second-order valence-corrected chi connectivity index (χ2v) is 7.06. The second-order valence-electron chi connectivity index (χ2n) is 7.06. The Morgan fingerprint density at radius 2 is 1.73 bits per heavy atom. The number of hydrogen-bond acceptors (Lipinski definition) is 3. The Kier molecular flexibility index (Phi) is 11.2. The van der Waals surface area contributed by atoms with E-state index in [1.165, 1.54) is 63.0 Å². The first-order chi connectivity index (χ1) is 12.1. The van der Waals surface area contributed by atoms with Crippen molar-refractivity contribution in [3.8, 4) is 0 Å². The van der Waals surface area contributed by atoms with E-state index in [0.29, 0.717) is 0 Å². The third-order valence-corrected chi connectivity index (χ3v) is 5.19. The lowest BCUT2D eigenvalue weighted by atomic mass is 10.1. The van der Waals surface area contributed by atoms with E-state index < -0.39 is 0 Å². The summed E-state index contributed by atoms with van der Waals surface area (Å²) in [7, 11) is 3.84. The zero-order valence-corrected chi connectivity index (χ0v) is 19.3. The molecule has 1 saturated heterocycles. The molecule has 1 aromatic heterocycles. The number of likely N-dealkylation sites (tertiary alicyclic amines) is 1. The Balaban J connectivity index is 0.00000338. The average Bonchev–Trinajstić information content (AvgIpc) is 2.80. The van der Waals surface area contributed by atoms with Crippen LogP contribution >= 0.6 is 24.0 Å². The Bertz CT molecular complexity index is 546. The van der Waals surface area contributed by atoms with Crippen molar-refractivity contribution in [1.29, 1.82) is 0 Å². The molecule has 0 spiro atoms. The molecule has 0 saturated carbocycles. The fourth-order valence-electron chi connectivity index (χ4n) is 3.58. The summed E-state index contributed by atoms with van der Waals surface area (Å²) in [5, 5.41) is 11.3. The number of guanidine groups is 1. The van der Waals surface area contributed by atoms with E-state index in [2.05, 4.69) is 39.5 Å². The molecule has 1 aliphatic rings. The Labute approximate surface area is 176 Å². The number of rotatable bonds is 7. The molecule has 0 radical (unpaired) electrons. The molecule has 0 bridgehead atoms. The molecule has 2 heterocycles. The maximum absolute atomic E-state index is 4.48. The molecule has 0 amide bonds. The molecule has 6 nitrogen and oxygen atoms in total. The summed E-state index contributed by atoms with van der Waals surface area (Å²) >= 11 is 0. The summed E-state index contributed by atoms with van der Waals surface area (Å²) in [6.45, 7) is 9.80. The van der Waals surface area contributed by atoms with Gasteiger partial charge < -0.3 is 15.5 Å². The minimum absolute atomic E-state index is 0. The molecular weight excluding hydrogens is 439 g/mol. The van der Waals surface area contributed by atoms with Gasteiger partial charge in [-0.25, -0.2) is 0 Å². The number of aromatic nitrogens is 2. The topological polar surface area (TPSA) is 57.5 Å². The SMILES string of the molecule is CN=C(NCCCN1CCCCCC1)NCCc1c(C)nn(C)c1C.I. The molecular formula is C19H37IN6. The molecule has 0 unspecified atom stereocenters. The van der Waals surface area contributed by atoms with E-state index in [-0.39, 0.29) is 24.0 Å². The Hall–Kier alpha value is -0.830. The standard InChI is InChI=1S/C19H36N6.HI/c1-16-18(17(2)24(4)23-16)10-12-22-19(20-3)21-11-9-15-25-13-7-5-6-8-14-25;/h5-15H2,1-4H3,(H2,20,21,22);1H. The van der Waals surface area contributed by atoms with Crippen molar-refractivity contribution >= 4 is 29.9 Å². The molecule has 0 aromatic carbocycles. The summed E-state index contributed by atoms with van der Waals surface area (Å²) in [6, 6.07) is 0. The highest BCUT2D eigenvalue weighted by molar-refractivity contribution is 14.0. The van der Waals surface area contributed by atoms with Crippen LogP contribution in [0, 0.1) is 13.8 Å². The van der Waals surface area contributed by atoms with Crippen molar-refractivity contribution in [2.75, 3.05) is 39.8 Å². The van der Waals surface area contributed by atoms with E-state index >= 15 is 0 Å². The fourth-order valence-corrected chi connectivity index (χ4v) is 3.58. The minimum Gasteiger partial charge on any atom is -0.356 e. The molecule has 26 heavy (non-hydrogen) atoms. The van der Waals surface area contributed by atoms with E-state index in [0.717, 1.165) is 31.2 Å². The molecule has 150 valence electrons. The molecule has 1 fully saturated rings. The van der Waals surface area contributed by atoms with Crippen LogP contribution < -0.4 is 10.6 Å². The highest BCUT2D eigenvalue weighted by atomic mass is 127. The molecule has 2 N–H and O–H groups in total. The first kappa shape index (κ1) is 23.2. The van der Waals surface area contributed by atoms with Gasteiger partial charge in [0.2, 0.25) is 0 Å². The van der Waals surface area contributed by atoms with Crippen LogP contribution in [0.2, 0.25) is 0 Å². The number of halogens is 1. The largest absolute Gasteiger partial charge is 0.356 e. The van der Waals surface area contributed by atoms with Crippen molar-refractivity contribution in [2.45, 2.75) is 52.4 Å². The first-order valence-electron chi connectivity index (χ1n) is 9.77. The highest BCUT2D eigenvalue weighted by Crippen LogP contribution is 2.12. The molecule has 7 heteroatoms. The van der Waals surface area contributed by atoms with E-state index in [4.69, 9.17) is 0 Å².